The molecule has 0 radical (unpaired) electrons. The smallest absolute Gasteiger partial charge is 0.187 e. The molecule has 1 aliphatic rings. The van der Waals surface area contributed by atoms with Crippen molar-refractivity contribution in [3.63, 3.8) is 0 Å². The molecule has 0 spiro atoms. The number of benzene rings is 1. The van der Waals surface area contributed by atoms with E-state index in [0.717, 1.165) is 62.9 Å². The maximum Gasteiger partial charge on any atom is 0.187 e. The molecule has 0 unspecified atom stereocenters. The Bertz CT molecular complexity index is 840. The maximum absolute atomic E-state index is 5.38. The van der Waals surface area contributed by atoms with E-state index in [-0.39, 0.29) is 0 Å². The lowest BCUT2D eigenvalue weighted by molar-refractivity contribution is -0.906. The van der Waals surface area contributed by atoms with Gasteiger partial charge in [-0.3, -0.25) is 10.1 Å². The van der Waals surface area contributed by atoms with Crippen LogP contribution in [-0.2, 0) is 11.3 Å². The Morgan fingerprint density at radius 3 is 2.69 bits per heavy atom. The molecule has 1 aromatic heterocycles. The van der Waals surface area contributed by atoms with Crippen molar-refractivity contribution in [2.24, 2.45) is 5.10 Å². The highest BCUT2D eigenvalue weighted by Gasteiger charge is 2.13. The van der Waals surface area contributed by atoms with Crippen molar-refractivity contribution in [2.75, 3.05) is 39.4 Å². The average molecular weight is 416 g/mol. The third kappa shape index (κ3) is 6.35. The number of quaternary nitrogens is 1. The predicted molar refractivity (Wildman–Crippen MR) is 120 cm³/mol. The normalized spacial score (nSPS) is 15.0. The van der Waals surface area contributed by atoms with Gasteiger partial charge in [-0.2, -0.15) is 10.2 Å². The number of thiocarbonyl (C=S) groups is 1. The molecular weight excluding hydrogens is 384 g/mol. The average Bonchev–Trinajstić information content (AvgIpc) is 2.98. The summed E-state index contributed by atoms with van der Waals surface area (Å²) in [6.07, 6.45) is 1.80. The van der Waals surface area contributed by atoms with Gasteiger partial charge in [0, 0.05) is 11.3 Å². The molecular formula is C21H31N6OS+. The van der Waals surface area contributed by atoms with Crippen LogP contribution in [-0.4, -0.2) is 60.5 Å². The number of morpholine rings is 1. The summed E-state index contributed by atoms with van der Waals surface area (Å²) in [6.45, 7) is 12.6. The number of nitrogens with zero attached hydrogens (tertiary/aromatic N) is 3. The largest absolute Gasteiger partial charge is 0.370 e. The van der Waals surface area contributed by atoms with Gasteiger partial charge in [0.25, 0.3) is 0 Å². The first kappa shape index (κ1) is 21.4. The van der Waals surface area contributed by atoms with Crippen molar-refractivity contribution in [2.45, 2.75) is 27.3 Å². The highest BCUT2D eigenvalue weighted by Crippen LogP contribution is 2.13. The van der Waals surface area contributed by atoms with Gasteiger partial charge in [0.2, 0.25) is 0 Å². The summed E-state index contributed by atoms with van der Waals surface area (Å²) in [6, 6.07) is 8.54. The van der Waals surface area contributed by atoms with Gasteiger partial charge >= 0.3 is 0 Å². The molecule has 0 saturated carbocycles. The monoisotopic (exact) mass is 415 g/mol. The van der Waals surface area contributed by atoms with Crippen LogP contribution < -0.4 is 15.6 Å². The third-order valence-electron chi connectivity index (χ3n) is 5.21. The van der Waals surface area contributed by atoms with E-state index >= 15 is 0 Å². The van der Waals surface area contributed by atoms with E-state index in [1.54, 1.807) is 11.1 Å². The van der Waals surface area contributed by atoms with Gasteiger partial charge in [0.15, 0.2) is 5.11 Å². The number of aryl methyl sites for hydroxylation is 2. The van der Waals surface area contributed by atoms with Crippen molar-refractivity contribution >= 4 is 23.5 Å². The molecule has 3 rings (SSSR count). The first-order chi connectivity index (χ1) is 14.0. The summed E-state index contributed by atoms with van der Waals surface area (Å²) in [5, 5.41) is 12.7. The summed E-state index contributed by atoms with van der Waals surface area (Å²) in [5.74, 6) is 0. The topological polar surface area (TPSA) is 67.9 Å². The highest BCUT2D eigenvalue weighted by molar-refractivity contribution is 7.80. The molecule has 7 nitrogen and oxygen atoms in total. The molecule has 2 aromatic rings. The highest BCUT2D eigenvalue weighted by atomic mass is 32.1. The molecule has 1 fully saturated rings. The van der Waals surface area contributed by atoms with E-state index in [2.05, 4.69) is 59.1 Å². The summed E-state index contributed by atoms with van der Waals surface area (Å²) in [7, 11) is 0. The maximum atomic E-state index is 5.38. The fourth-order valence-electron chi connectivity index (χ4n) is 3.38. The standard InChI is InChI=1S/C21H30N6OS/c1-16-4-6-19(7-5-16)15-27-18(3)20(17(2)25-27)14-23-24-21(29)22-8-9-26-10-12-28-13-11-26/h4-7,14H,8-13,15H2,1-3H3,(H2,22,24,29)/p+1/b23-14-. The van der Waals surface area contributed by atoms with Crippen LogP contribution in [0.4, 0.5) is 0 Å². The lowest BCUT2D eigenvalue weighted by Gasteiger charge is -2.23. The Kier molecular flexibility index (Phi) is 7.74. The Morgan fingerprint density at radius 1 is 1.24 bits per heavy atom. The molecule has 156 valence electrons. The van der Waals surface area contributed by atoms with Gasteiger partial charge in [0.1, 0.15) is 13.1 Å². The second-order valence-corrected chi connectivity index (χ2v) is 7.87. The van der Waals surface area contributed by atoms with E-state index in [4.69, 9.17) is 17.0 Å². The van der Waals surface area contributed by atoms with Crippen LogP contribution >= 0.6 is 12.2 Å². The molecule has 29 heavy (non-hydrogen) atoms. The molecule has 1 aliphatic heterocycles. The fraction of sp³-hybridized carbons (Fsp3) is 0.476. The van der Waals surface area contributed by atoms with E-state index in [0.29, 0.717) is 5.11 Å². The van der Waals surface area contributed by atoms with Crippen LogP contribution in [0.15, 0.2) is 29.4 Å². The van der Waals surface area contributed by atoms with Crippen LogP contribution in [0.1, 0.15) is 28.1 Å². The first-order valence-corrected chi connectivity index (χ1v) is 10.5. The van der Waals surface area contributed by atoms with Crippen LogP contribution in [0, 0.1) is 20.8 Å². The summed E-state index contributed by atoms with van der Waals surface area (Å²) < 4.78 is 7.39. The summed E-state index contributed by atoms with van der Waals surface area (Å²) in [4.78, 5) is 1.54. The Labute approximate surface area is 178 Å². The molecule has 0 aliphatic carbocycles. The molecule has 0 amide bonds. The number of nitrogens with one attached hydrogen (secondary N) is 3. The lowest BCUT2D eigenvalue weighted by atomic mass is 10.1. The number of hydrogen-bond acceptors (Lipinski definition) is 4. The van der Waals surface area contributed by atoms with Crippen molar-refractivity contribution in [3.8, 4) is 0 Å². The van der Waals surface area contributed by atoms with Crippen molar-refractivity contribution in [1.29, 1.82) is 0 Å². The number of hydrogen-bond donors (Lipinski definition) is 3. The van der Waals surface area contributed by atoms with Gasteiger partial charge in [-0.05, 0) is 38.6 Å². The molecule has 1 aromatic carbocycles. The number of aromatic nitrogens is 2. The Hall–Kier alpha value is -2.29. The van der Waals surface area contributed by atoms with Crippen LogP contribution in [0.2, 0.25) is 0 Å². The van der Waals surface area contributed by atoms with Gasteiger partial charge in [-0.15, -0.1) is 0 Å². The van der Waals surface area contributed by atoms with Crippen LogP contribution in [0.5, 0.6) is 0 Å². The van der Waals surface area contributed by atoms with E-state index in [1.165, 1.54) is 11.1 Å². The molecule has 0 atom stereocenters. The van der Waals surface area contributed by atoms with Gasteiger partial charge in [-0.1, -0.05) is 29.8 Å². The van der Waals surface area contributed by atoms with Gasteiger partial charge in [-0.25, -0.2) is 0 Å². The van der Waals surface area contributed by atoms with Crippen molar-refractivity contribution in [3.05, 3.63) is 52.3 Å². The molecule has 8 heteroatoms. The molecule has 1 saturated heterocycles. The van der Waals surface area contributed by atoms with Crippen LogP contribution in [0.3, 0.4) is 0 Å². The van der Waals surface area contributed by atoms with Crippen molar-refractivity contribution in [1.82, 2.24) is 20.5 Å². The number of hydrazone groups is 1. The lowest BCUT2D eigenvalue weighted by Crippen LogP contribution is -3.14. The molecule has 2 heterocycles. The van der Waals surface area contributed by atoms with Crippen LogP contribution in [0.25, 0.3) is 0 Å². The molecule has 0 bridgehead atoms. The SMILES string of the molecule is Cc1ccc(Cn2nc(C)c(/C=N\NC(=S)NCC[NH+]3CCOCC3)c2C)cc1. The van der Waals surface area contributed by atoms with E-state index in [1.807, 2.05) is 11.6 Å². The van der Waals surface area contributed by atoms with Gasteiger partial charge < -0.3 is 15.0 Å². The second-order valence-electron chi connectivity index (χ2n) is 7.47. The minimum absolute atomic E-state index is 0.538. The van der Waals surface area contributed by atoms with Gasteiger partial charge in [0.05, 0.1) is 44.8 Å². The minimum atomic E-state index is 0.538. The quantitative estimate of drug-likeness (QED) is 0.351. The predicted octanol–water partition coefficient (Wildman–Crippen LogP) is 0.570. The molecule has 3 N–H and O–H groups in total. The summed E-state index contributed by atoms with van der Waals surface area (Å²) >= 11 is 5.31. The summed E-state index contributed by atoms with van der Waals surface area (Å²) in [5.41, 5.74) is 8.46. The second kappa shape index (κ2) is 10.5. The zero-order valence-electron chi connectivity index (χ0n) is 17.5. The third-order valence-corrected chi connectivity index (χ3v) is 5.45. The zero-order valence-corrected chi connectivity index (χ0v) is 18.3. The Morgan fingerprint density at radius 2 is 1.97 bits per heavy atom. The van der Waals surface area contributed by atoms with Crippen molar-refractivity contribution < 1.29 is 9.64 Å². The fourth-order valence-corrected chi connectivity index (χ4v) is 3.53. The van der Waals surface area contributed by atoms with E-state index < -0.39 is 0 Å². The van der Waals surface area contributed by atoms with E-state index in [9.17, 15) is 0 Å². The minimum Gasteiger partial charge on any atom is -0.370 e. The number of ether oxygens (including phenoxy) is 1. The number of rotatable bonds is 7. The first-order valence-electron chi connectivity index (χ1n) is 10.1. The zero-order chi connectivity index (χ0) is 20.6. The Balaban J connectivity index is 1.48.